The highest BCUT2D eigenvalue weighted by molar-refractivity contribution is 9.10. The third kappa shape index (κ3) is 2.76. The number of carbonyl (C=O) groups excluding carboxylic acids is 1. The Morgan fingerprint density at radius 1 is 1.53 bits per heavy atom. The Hall–Kier alpha value is -1.47. The van der Waals surface area contributed by atoms with Gasteiger partial charge in [-0.15, -0.1) is 11.3 Å². The SMILES string of the molecule is O=C(c1cc(Br)cs1)N1CC(Nc2ccncn2)C1. The van der Waals surface area contributed by atoms with Gasteiger partial charge in [0.2, 0.25) is 0 Å². The van der Waals surface area contributed by atoms with Crippen LogP contribution in [0, 0.1) is 0 Å². The second-order valence-corrected chi connectivity index (χ2v) is 6.10. The van der Waals surface area contributed by atoms with Gasteiger partial charge in [-0.1, -0.05) is 0 Å². The van der Waals surface area contributed by atoms with Gasteiger partial charge in [0.15, 0.2) is 0 Å². The van der Waals surface area contributed by atoms with Crippen molar-refractivity contribution in [3.8, 4) is 0 Å². The van der Waals surface area contributed by atoms with E-state index in [0.717, 1.165) is 15.2 Å². The van der Waals surface area contributed by atoms with Crippen molar-refractivity contribution < 1.29 is 4.79 Å². The maximum atomic E-state index is 12.1. The molecule has 7 heteroatoms. The summed E-state index contributed by atoms with van der Waals surface area (Å²) in [6.45, 7) is 1.41. The minimum absolute atomic E-state index is 0.0939. The first-order valence-corrected chi connectivity index (χ1v) is 7.45. The normalized spacial score (nSPS) is 15.1. The molecule has 2 aromatic heterocycles. The molecule has 5 nitrogen and oxygen atoms in total. The highest BCUT2D eigenvalue weighted by Gasteiger charge is 2.31. The molecule has 0 unspecified atom stereocenters. The first-order chi connectivity index (χ1) is 9.22. The summed E-state index contributed by atoms with van der Waals surface area (Å²) < 4.78 is 0.956. The summed E-state index contributed by atoms with van der Waals surface area (Å²) in [7, 11) is 0. The molecule has 0 spiro atoms. The largest absolute Gasteiger partial charge is 0.364 e. The molecule has 0 aromatic carbocycles. The van der Waals surface area contributed by atoms with Gasteiger partial charge in [0, 0.05) is 29.1 Å². The molecular formula is C12H11BrN4OS. The first-order valence-electron chi connectivity index (χ1n) is 5.78. The maximum absolute atomic E-state index is 12.1. The van der Waals surface area contributed by atoms with E-state index in [0.29, 0.717) is 13.1 Å². The summed E-state index contributed by atoms with van der Waals surface area (Å²) in [5.41, 5.74) is 0. The average Bonchev–Trinajstić information content (AvgIpc) is 2.80. The number of hydrogen-bond acceptors (Lipinski definition) is 5. The topological polar surface area (TPSA) is 58.1 Å². The van der Waals surface area contributed by atoms with E-state index < -0.39 is 0 Å². The van der Waals surface area contributed by atoms with Crippen molar-refractivity contribution in [1.82, 2.24) is 14.9 Å². The smallest absolute Gasteiger partial charge is 0.264 e. The van der Waals surface area contributed by atoms with Crippen LogP contribution in [-0.4, -0.2) is 39.9 Å². The van der Waals surface area contributed by atoms with Crippen LogP contribution in [0.2, 0.25) is 0 Å². The van der Waals surface area contributed by atoms with Gasteiger partial charge < -0.3 is 10.2 Å². The Balaban J connectivity index is 1.54. The number of rotatable bonds is 3. The number of nitrogens with zero attached hydrogens (tertiary/aromatic N) is 3. The van der Waals surface area contributed by atoms with Gasteiger partial charge in [-0.05, 0) is 28.1 Å². The van der Waals surface area contributed by atoms with Crippen molar-refractivity contribution >= 4 is 39.0 Å². The molecule has 1 fully saturated rings. The third-order valence-corrected chi connectivity index (χ3v) is 4.56. The van der Waals surface area contributed by atoms with E-state index in [1.54, 1.807) is 6.20 Å². The number of thiophene rings is 1. The minimum Gasteiger partial charge on any atom is -0.364 e. The van der Waals surface area contributed by atoms with E-state index in [2.05, 4.69) is 31.2 Å². The highest BCUT2D eigenvalue weighted by atomic mass is 79.9. The van der Waals surface area contributed by atoms with E-state index in [-0.39, 0.29) is 11.9 Å². The van der Waals surface area contributed by atoms with Gasteiger partial charge in [0.1, 0.15) is 12.1 Å². The average molecular weight is 339 g/mol. The van der Waals surface area contributed by atoms with Gasteiger partial charge in [0.05, 0.1) is 10.9 Å². The number of nitrogens with one attached hydrogen (secondary N) is 1. The van der Waals surface area contributed by atoms with E-state index >= 15 is 0 Å². The molecule has 98 valence electrons. The highest BCUT2D eigenvalue weighted by Crippen LogP contribution is 2.23. The van der Waals surface area contributed by atoms with E-state index in [1.807, 2.05) is 22.4 Å². The number of aromatic nitrogens is 2. The van der Waals surface area contributed by atoms with Crippen molar-refractivity contribution in [3.05, 3.63) is 39.4 Å². The lowest BCUT2D eigenvalue weighted by Crippen LogP contribution is -2.56. The molecule has 0 atom stereocenters. The molecule has 1 N–H and O–H groups in total. The van der Waals surface area contributed by atoms with Gasteiger partial charge in [0.25, 0.3) is 5.91 Å². The Morgan fingerprint density at radius 2 is 2.37 bits per heavy atom. The monoisotopic (exact) mass is 338 g/mol. The predicted molar refractivity (Wildman–Crippen MR) is 77.4 cm³/mol. The lowest BCUT2D eigenvalue weighted by Gasteiger charge is -2.39. The summed E-state index contributed by atoms with van der Waals surface area (Å²) in [6, 6.07) is 3.95. The van der Waals surface area contributed by atoms with Crippen LogP contribution in [0.4, 0.5) is 5.82 Å². The van der Waals surface area contributed by atoms with Crippen molar-refractivity contribution in [2.75, 3.05) is 18.4 Å². The fourth-order valence-corrected chi connectivity index (χ4v) is 3.30. The van der Waals surface area contributed by atoms with Crippen LogP contribution in [0.15, 0.2) is 34.5 Å². The second-order valence-electron chi connectivity index (χ2n) is 4.28. The molecule has 3 rings (SSSR count). The molecule has 0 saturated carbocycles. The van der Waals surface area contributed by atoms with Crippen LogP contribution in [0.25, 0.3) is 0 Å². The number of hydrogen-bond donors (Lipinski definition) is 1. The molecule has 3 heterocycles. The summed E-state index contributed by atoms with van der Waals surface area (Å²) in [4.78, 5) is 22.7. The molecule has 0 aliphatic carbocycles. The number of likely N-dealkylation sites (tertiary alicyclic amines) is 1. The molecule has 1 saturated heterocycles. The van der Waals surface area contributed by atoms with Crippen LogP contribution in [0.1, 0.15) is 9.67 Å². The Morgan fingerprint density at radius 3 is 3.00 bits per heavy atom. The summed E-state index contributed by atoms with van der Waals surface area (Å²) in [5.74, 6) is 0.891. The van der Waals surface area contributed by atoms with Crippen molar-refractivity contribution in [2.45, 2.75) is 6.04 Å². The van der Waals surface area contributed by atoms with Gasteiger partial charge >= 0.3 is 0 Å². The number of halogens is 1. The molecule has 1 amide bonds. The van der Waals surface area contributed by atoms with Crippen molar-refractivity contribution in [3.63, 3.8) is 0 Å². The summed E-state index contributed by atoms with van der Waals surface area (Å²) in [5, 5.41) is 5.19. The van der Waals surface area contributed by atoms with Crippen molar-refractivity contribution in [1.29, 1.82) is 0 Å². The van der Waals surface area contributed by atoms with Crippen LogP contribution >= 0.6 is 27.3 Å². The molecule has 19 heavy (non-hydrogen) atoms. The van der Waals surface area contributed by atoms with Gasteiger partial charge in [-0.3, -0.25) is 4.79 Å². The second kappa shape index (κ2) is 5.26. The predicted octanol–water partition coefficient (Wildman–Crippen LogP) is 2.24. The zero-order valence-electron chi connectivity index (χ0n) is 9.91. The summed E-state index contributed by atoms with van der Waals surface area (Å²) >= 11 is 4.82. The van der Waals surface area contributed by atoms with Crippen LogP contribution in [0.5, 0.6) is 0 Å². The lowest BCUT2D eigenvalue weighted by atomic mass is 10.1. The number of amides is 1. The molecule has 1 aliphatic rings. The van der Waals surface area contributed by atoms with Gasteiger partial charge in [-0.25, -0.2) is 9.97 Å². The first kappa shape index (κ1) is 12.6. The molecule has 0 radical (unpaired) electrons. The summed E-state index contributed by atoms with van der Waals surface area (Å²) in [6.07, 6.45) is 3.20. The fourth-order valence-electron chi connectivity index (χ4n) is 1.90. The molecule has 0 bridgehead atoms. The third-order valence-electron chi connectivity index (χ3n) is 2.88. The van der Waals surface area contributed by atoms with Gasteiger partial charge in [-0.2, -0.15) is 0 Å². The minimum atomic E-state index is 0.0939. The van der Waals surface area contributed by atoms with E-state index in [1.165, 1.54) is 17.7 Å². The zero-order valence-corrected chi connectivity index (χ0v) is 12.3. The Bertz CT molecular complexity index is 582. The van der Waals surface area contributed by atoms with Crippen LogP contribution in [0.3, 0.4) is 0 Å². The van der Waals surface area contributed by atoms with Crippen LogP contribution in [-0.2, 0) is 0 Å². The molecule has 1 aliphatic heterocycles. The molecular weight excluding hydrogens is 328 g/mol. The standard InChI is InChI=1S/C12H11BrN4OS/c13-8-3-10(19-6-8)12(18)17-4-9(5-17)16-11-1-2-14-7-15-11/h1-3,6-7,9H,4-5H2,(H,14,15,16). The number of carbonyl (C=O) groups is 1. The van der Waals surface area contributed by atoms with Crippen LogP contribution < -0.4 is 5.32 Å². The quantitative estimate of drug-likeness (QED) is 0.932. The molecule has 2 aromatic rings. The zero-order chi connectivity index (χ0) is 13.2. The van der Waals surface area contributed by atoms with Crippen molar-refractivity contribution in [2.24, 2.45) is 0 Å². The fraction of sp³-hybridized carbons (Fsp3) is 0.250. The lowest BCUT2D eigenvalue weighted by molar-refractivity contribution is 0.0630. The maximum Gasteiger partial charge on any atom is 0.264 e. The Kier molecular flexibility index (Phi) is 3.48. The van der Waals surface area contributed by atoms with E-state index in [9.17, 15) is 4.79 Å². The Labute approximate surface area is 122 Å². The van der Waals surface area contributed by atoms with E-state index in [4.69, 9.17) is 0 Å². The number of anilines is 1.